The summed E-state index contributed by atoms with van der Waals surface area (Å²) in [5, 5.41) is 0.582. The highest BCUT2D eigenvalue weighted by Gasteiger charge is 2.29. The van der Waals surface area contributed by atoms with Crippen molar-refractivity contribution in [3.8, 4) is 23.0 Å². The maximum absolute atomic E-state index is 13.3. The number of halogens is 1. The van der Waals surface area contributed by atoms with Gasteiger partial charge in [-0.25, -0.2) is 4.79 Å². The number of furan rings is 1. The zero-order chi connectivity index (χ0) is 28.5. The molecule has 41 heavy (non-hydrogen) atoms. The van der Waals surface area contributed by atoms with Crippen molar-refractivity contribution < 1.29 is 33.0 Å². The molecule has 0 unspecified atom stereocenters. The van der Waals surface area contributed by atoms with Crippen molar-refractivity contribution in [1.82, 2.24) is 0 Å². The number of carbonyl (C=O) groups excluding carboxylic acids is 2. The van der Waals surface area contributed by atoms with Gasteiger partial charge >= 0.3 is 5.97 Å². The summed E-state index contributed by atoms with van der Waals surface area (Å²) in [6.07, 6.45) is 1.62. The Bertz CT molecular complexity index is 1840. The highest BCUT2D eigenvalue weighted by atomic mass is 79.9. The smallest absolute Gasteiger partial charge is 0.347 e. The first-order chi connectivity index (χ1) is 19.9. The molecule has 0 bridgehead atoms. The Kier molecular flexibility index (Phi) is 7.07. The van der Waals surface area contributed by atoms with Crippen molar-refractivity contribution in [2.24, 2.45) is 0 Å². The summed E-state index contributed by atoms with van der Waals surface area (Å²) < 4.78 is 29.6. The number of hydrogen-bond donors (Lipinski definition) is 0. The fourth-order valence-electron chi connectivity index (χ4n) is 4.63. The number of Topliss-reactive ketones (excluding diaryl/α,β-unsaturated/α-hetero) is 1. The summed E-state index contributed by atoms with van der Waals surface area (Å²) >= 11 is 3.44. The van der Waals surface area contributed by atoms with E-state index in [2.05, 4.69) is 15.9 Å². The van der Waals surface area contributed by atoms with E-state index in [1.807, 2.05) is 42.5 Å². The Morgan fingerprint density at radius 3 is 2.56 bits per heavy atom. The van der Waals surface area contributed by atoms with Crippen LogP contribution in [0.2, 0.25) is 0 Å². The van der Waals surface area contributed by atoms with E-state index in [1.54, 1.807) is 56.5 Å². The molecule has 0 saturated carbocycles. The Hall–Kier alpha value is -4.82. The number of ketones is 1. The summed E-state index contributed by atoms with van der Waals surface area (Å²) in [5.74, 6) is 1.41. The van der Waals surface area contributed by atoms with Crippen LogP contribution in [0.3, 0.4) is 0 Å². The van der Waals surface area contributed by atoms with E-state index in [1.165, 1.54) is 6.07 Å². The second-order valence-corrected chi connectivity index (χ2v) is 10.3. The van der Waals surface area contributed by atoms with Crippen molar-refractivity contribution in [2.45, 2.75) is 13.5 Å². The lowest BCUT2D eigenvalue weighted by Gasteiger charge is -2.07. The number of esters is 1. The van der Waals surface area contributed by atoms with Crippen LogP contribution in [0.4, 0.5) is 0 Å². The van der Waals surface area contributed by atoms with Crippen molar-refractivity contribution in [3.63, 3.8) is 0 Å². The molecule has 0 radical (unpaired) electrons. The predicted molar refractivity (Wildman–Crippen MR) is 157 cm³/mol. The number of allylic oxidation sites excluding steroid dienone is 1. The lowest BCUT2D eigenvalue weighted by Crippen LogP contribution is -2.09. The molecule has 0 fully saturated rings. The van der Waals surface area contributed by atoms with E-state index < -0.39 is 5.97 Å². The molecule has 6 rings (SSSR count). The van der Waals surface area contributed by atoms with Crippen LogP contribution >= 0.6 is 15.9 Å². The first-order valence-electron chi connectivity index (χ1n) is 12.7. The topological polar surface area (TPSA) is 84.2 Å². The zero-order valence-corrected chi connectivity index (χ0v) is 23.7. The number of hydrogen-bond acceptors (Lipinski definition) is 7. The quantitative estimate of drug-likeness (QED) is 0.105. The minimum atomic E-state index is -0.597. The standard InChI is InChI=1S/C33H23BrO7/c1-19-31(26-16-23(10-13-28(26)39-19)38-18-20-6-4-3-5-7-20)33(36)40-24-9-11-25-29(17-24)41-30(32(25)35)15-21-14-22(34)8-12-27(21)37-2/h3-17H,18H2,1-2H3/b30-15-. The fourth-order valence-corrected chi connectivity index (χ4v) is 5.01. The third kappa shape index (κ3) is 5.34. The van der Waals surface area contributed by atoms with E-state index >= 15 is 0 Å². The average Bonchev–Trinajstić information content (AvgIpc) is 3.47. The minimum absolute atomic E-state index is 0.139. The van der Waals surface area contributed by atoms with Gasteiger partial charge in [-0.15, -0.1) is 0 Å². The molecule has 204 valence electrons. The van der Waals surface area contributed by atoms with Gasteiger partial charge in [0.25, 0.3) is 0 Å². The summed E-state index contributed by atoms with van der Waals surface area (Å²) in [7, 11) is 1.56. The SMILES string of the molecule is COc1ccc(Br)cc1/C=C1\Oc2cc(OC(=O)c3c(C)oc4ccc(OCc5ccccc5)cc34)ccc2C1=O. The third-order valence-electron chi connectivity index (χ3n) is 6.62. The molecule has 8 heteroatoms. The van der Waals surface area contributed by atoms with Crippen LogP contribution in [-0.4, -0.2) is 18.9 Å². The number of rotatable bonds is 7. The molecule has 1 aliphatic heterocycles. The summed E-state index contributed by atoms with van der Waals surface area (Å²) in [6.45, 7) is 2.10. The minimum Gasteiger partial charge on any atom is -0.496 e. The van der Waals surface area contributed by atoms with E-state index in [0.29, 0.717) is 57.3 Å². The number of methoxy groups -OCH3 is 1. The number of fused-ring (bicyclic) bond motifs is 2. The Morgan fingerprint density at radius 2 is 1.76 bits per heavy atom. The van der Waals surface area contributed by atoms with Gasteiger partial charge in [0.05, 0.1) is 12.7 Å². The molecule has 0 atom stereocenters. The second-order valence-electron chi connectivity index (χ2n) is 9.34. The molecule has 0 N–H and O–H groups in total. The van der Waals surface area contributed by atoms with Crippen LogP contribution < -0.4 is 18.9 Å². The number of carbonyl (C=O) groups is 2. The second kappa shape index (κ2) is 11.0. The monoisotopic (exact) mass is 610 g/mol. The first-order valence-corrected chi connectivity index (χ1v) is 13.5. The van der Waals surface area contributed by atoms with Gasteiger partial charge in [0, 0.05) is 21.5 Å². The summed E-state index contributed by atoms with van der Waals surface area (Å²) in [5.41, 5.74) is 2.92. The molecule has 2 heterocycles. The van der Waals surface area contributed by atoms with Gasteiger partial charge in [0.15, 0.2) is 5.76 Å². The molecule has 0 aliphatic carbocycles. The van der Waals surface area contributed by atoms with Crippen LogP contribution in [-0.2, 0) is 6.61 Å². The van der Waals surface area contributed by atoms with Gasteiger partial charge in [-0.3, -0.25) is 4.79 Å². The average molecular weight is 611 g/mol. The Balaban J connectivity index is 1.22. The normalized spacial score (nSPS) is 13.2. The summed E-state index contributed by atoms with van der Waals surface area (Å²) in [4.78, 5) is 26.3. The third-order valence-corrected chi connectivity index (χ3v) is 7.11. The maximum Gasteiger partial charge on any atom is 0.347 e. The highest BCUT2D eigenvalue weighted by Crippen LogP contribution is 2.37. The van der Waals surface area contributed by atoms with Crippen molar-refractivity contribution in [2.75, 3.05) is 7.11 Å². The number of ether oxygens (including phenoxy) is 4. The van der Waals surface area contributed by atoms with E-state index in [4.69, 9.17) is 23.4 Å². The van der Waals surface area contributed by atoms with E-state index in [0.717, 1.165) is 10.0 Å². The molecule has 0 spiro atoms. The van der Waals surface area contributed by atoms with Crippen LogP contribution in [0.15, 0.2) is 99.6 Å². The number of benzene rings is 4. The predicted octanol–water partition coefficient (Wildman–Crippen LogP) is 7.93. The van der Waals surface area contributed by atoms with Gasteiger partial charge in [-0.1, -0.05) is 46.3 Å². The lowest BCUT2D eigenvalue weighted by molar-refractivity contribution is 0.0734. The molecule has 0 amide bonds. The van der Waals surface area contributed by atoms with Crippen molar-refractivity contribution >= 4 is 44.7 Å². The molecule has 7 nitrogen and oxygen atoms in total. The van der Waals surface area contributed by atoms with Crippen LogP contribution in [0, 0.1) is 6.92 Å². The largest absolute Gasteiger partial charge is 0.496 e. The van der Waals surface area contributed by atoms with Gasteiger partial charge in [0.1, 0.15) is 46.5 Å². The van der Waals surface area contributed by atoms with Crippen LogP contribution in [0.5, 0.6) is 23.0 Å². The van der Waals surface area contributed by atoms with Gasteiger partial charge < -0.3 is 23.4 Å². The molecule has 1 aliphatic rings. The van der Waals surface area contributed by atoms with Gasteiger partial charge in [0.2, 0.25) is 5.78 Å². The first kappa shape index (κ1) is 26.4. The Labute approximate surface area is 244 Å². The maximum atomic E-state index is 13.3. The zero-order valence-electron chi connectivity index (χ0n) is 22.1. The molecular formula is C33H23BrO7. The molecule has 5 aromatic rings. The highest BCUT2D eigenvalue weighted by molar-refractivity contribution is 9.10. The van der Waals surface area contributed by atoms with Crippen molar-refractivity contribution in [3.05, 3.63) is 123 Å². The van der Waals surface area contributed by atoms with E-state index in [-0.39, 0.29) is 17.3 Å². The molecule has 1 aromatic heterocycles. The molecule has 0 saturated heterocycles. The van der Waals surface area contributed by atoms with Crippen molar-refractivity contribution in [1.29, 1.82) is 0 Å². The lowest BCUT2D eigenvalue weighted by atomic mass is 10.1. The van der Waals surface area contributed by atoms with Crippen LogP contribution in [0.1, 0.15) is 37.6 Å². The van der Waals surface area contributed by atoms with E-state index in [9.17, 15) is 9.59 Å². The summed E-state index contributed by atoms with van der Waals surface area (Å²) in [6, 6.07) is 25.3. The van der Waals surface area contributed by atoms with Gasteiger partial charge in [-0.2, -0.15) is 0 Å². The van der Waals surface area contributed by atoms with Gasteiger partial charge in [-0.05, 0) is 67.1 Å². The number of aryl methyl sites for hydroxylation is 1. The van der Waals surface area contributed by atoms with Crippen LogP contribution in [0.25, 0.3) is 17.0 Å². The Morgan fingerprint density at radius 1 is 0.951 bits per heavy atom. The fraction of sp³-hybridized carbons (Fsp3) is 0.0909. The molecule has 4 aromatic carbocycles. The molecular weight excluding hydrogens is 588 g/mol.